The van der Waals surface area contributed by atoms with E-state index in [9.17, 15) is 24.7 Å². The Morgan fingerprint density at radius 2 is 2.10 bits per heavy atom. The summed E-state index contributed by atoms with van der Waals surface area (Å²) in [5.74, 6) is -1.18. The van der Waals surface area contributed by atoms with Gasteiger partial charge >= 0.3 is 11.9 Å². The summed E-state index contributed by atoms with van der Waals surface area (Å²) in [6.45, 7) is 3.73. The molecule has 0 radical (unpaired) electrons. The molecule has 0 saturated carbocycles. The lowest BCUT2D eigenvalue weighted by Gasteiger charge is -2.16. The van der Waals surface area contributed by atoms with E-state index in [1.807, 2.05) is 19.9 Å². The Morgan fingerprint density at radius 1 is 1.39 bits per heavy atom. The fourth-order valence-electron chi connectivity index (χ4n) is 3.23. The van der Waals surface area contributed by atoms with E-state index in [0.717, 1.165) is 22.9 Å². The van der Waals surface area contributed by atoms with E-state index in [1.165, 1.54) is 14.2 Å². The van der Waals surface area contributed by atoms with Crippen LogP contribution in [0.2, 0.25) is 0 Å². The van der Waals surface area contributed by atoms with Crippen molar-refractivity contribution in [3.63, 3.8) is 0 Å². The Labute approximate surface area is 186 Å². The quantitative estimate of drug-likeness (QED) is 0.251. The number of hydrogen-bond donors (Lipinski definition) is 3. The summed E-state index contributed by atoms with van der Waals surface area (Å²) in [6, 6.07) is 0. The van der Waals surface area contributed by atoms with Gasteiger partial charge in [-0.05, 0) is 37.7 Å². The molecule has 0 fully saturated rings. The van der Waals surface area contributed by atoms with Crippen molar-refractivity contribution >= 4 is 32.1 Å². The third-order valence-electron chi connectivity index (χ3n) is 4.90. The van der Waals surface area contributed by atoms with Crippen molar-refractivity contribution in [3.05, 3.63) is 45.4 Å². The maximum Gasteiger partial charge on any atom is 0.342 e. The van der Waals surface area contributed by atoms with Gasteiger partial charge in [0.1, 0.15) is 28.9 Å². The zero-order chi connectivity index (χ0) is 23.1. The highest BCUT2D eigenvalue weighted by Crippen LogP contribution is 2.42. The van der Waals surface area contributed by atoms with Crippen LogP contribution in [0.15, 0.2) is 23.1 Å². The highest BCUT2D eigenvalue weighted by atomic mass is 32.2. The molecule has 0 aliphatic carbocycles. The summed E-state index contributed by atoms with van der Waals surface area (Å²) < 4.78 is 15.3. The van der Waals surface area contributed by atoms with E-state index in [0.29, 0.717) is 23.0 Å². The Balaban J connectivity index is 2.15. The Kier molecular flexibility index (Phi) is 9.37. The number of fused-ring (bicyclic) bond motifs is 1. The summed E-state index contributed by atoms with van der Waals surface area (Å²) in [5, 5.41) is 21.1. The molecule has 0 spiro atoms. The topological polar surface area (TPSA) is 123 Å². The second-order valence-corrected chi connectivity index (χ2v) is 9.47. The number of phenols is 1. The maximum absolute atomic E-state index is 12.0. The zero-order valence-electron chi connectivity index (χ0n) is 17.9. The number of aliphatic carboxylic acids is 1. The second kappa shape index (κ2) is 11.5. The number of carbonyl (C=O) groups excluding carboxylic acids is 1. The normalized spacial score (nSPS) is 15.6. The molecular weight excluding hydrogens is 443 g/mol. The van der Waals surface area contributed by atoms with Crippen LogP contribution in [0.5, 0.6) is 11.5 Å². The molecule has 1 aliphatic heterocycles. The van der Waals surface area contributed by atoms with Crippen molar-refractivity contribution in [2.75, 3.05) is 20.4 Å². The van der Waals surface area contributed by atoms with Crippen molar-refractivity contribution in [2.24, 2.45) is 0 Å². The van der Waals surface area contributed by atoms with Crippen molar-refractivity contribution in [2.45, 2.75) is 38.5 Å². The lowest BCUT2D eigenvalue weighted by molar-refractivity contribution is -0.136. The number of aromatic hydroxyl groups is 1. The number of thioether (sulfide) groups is 1. The first kappa shape index (κ1) is 25.2. The average Bonchev–Trinajstić information content (AvgIpc) is 3.13. The minimum Gasteiger partial charge on any atom is -0.507 e. The van der Waals surface area contributed by atoms with Crippen molar-refractivity contribution in [1.29, 1.82) is 0 Å². The first-order valence-electron chi connectivity index (χ1n) is 9.49. The van der Waals surface area contributed by atoms with Gasteiger partial charge in [-0.25, -0.2) is 4.79 Å². The molecule has 1 aromatic rings. The highest BCUT2D eigenvalue weighted by molar-refractivity contribution is 8.03. The summed E-state index contributed by atoms with van der Waals surface area (Å²) in [5.41, 5.74) is 2.82. The number of benzene rings is 1. The maximum atomic E-state index is 12.0. The number of esters is 1. The molecule has 170 valence electrons. The van der Waals surface area contributed by atoms with Crippen molar-refractivity contribution < 1.29 is 38.7 Å². The molecule has 2 rings (SSSR count). The third-order valence-corrected chi connectivity index (χ3v) is 6.89. The lowest BCUT2D eigenvalue weighted by Crippen LogP contribution is -2.16. The second-order valence-electron chi connectivity index (χ2n) is 6.93. The number of ether oxygens (including phenoxy) is 2. The number of carboxylic acid groups (broad SMARTS) is 1. The highest BCUT2D eigenvalue weighted by Gasteiger charge is 2.31. The molecule has 0 amide bonds. The van der Waals surface area contributed by atoms with Crippen LogP contribution in [0.3, 0.4) is 0 Å². The number of methoxy groups -OCH3 is 1. The van der Waals surface area contributed by atoms with Gasteiger partial charge in [-0.1, -0.05) is 17.7 Å². The minimum atomic E-state index is -1.52. The van der Waals surface area contributed by atoms with E-state index in [-0.39, 0.29) is 30.8 Å². The van der Waals surface area contributed by atoms with E-state index in [2.05, 4.69) is 0 Å². The molecule has 1 aliphatic rings. The van der Waals surface area contributed by atoms with Crippen LogP contribution in [-0.2, 0) is 27.1 Å². The number of rotatable bonds is 11. The average molecular weight is 470 g/mol. The van der Waals surface area contributed by atoms with Gasteiger partial charge in [0.05, 0.1) is 7.11 Å². The molecule has 1 aromatic carbocycles. The van der Waals surface area contributed by atoms with Gasteiger partial charge in [-0.15, -0.1) is 11.8 Å². The zero-order valence-corrected chi connectivity index (χ0v) is 19.6. The van der Waals surface area contributed by atoms with Gasteiger partial charge in [-0.2, -0.15) is 0 Å². The number of phenolic OH excluding ortho intramolecular Hbond substituents is 1. The van der Waals surface area contributed by atoms with Crippen LogP contribution in [0, 0.1) is 6.92 Å². The number of hydrogen-bond acceptors (Lipinski definition) is 8. The fourth-order valence-corrected chi connectivity index (χ4v) is 4.68. The molecule has 8 nitrogen and oxygen atoms in total. The number of carbonyl (C=O) groups is 2. The smallest absolute Gasteiger partial charge is 0.342 e. The molecule has 2 unspecified atom stereocenters. The van der Waals surface area contributed by atoms with E-state index in [1.54, 1.807) is 11.5 Å². The predicted octanol–water partition coefficient (Wildman–Crippen LogP) is 3.91. The van der Waals surface area contributed by atoms with E-state index in [4.69, 9.17) is 14.0 Å². The first-order valence-corrected chi connectivity index (χ1v) is 11.8. The number of carboxylic acids is 1. The molecule has 0 saturated heterocycles. The van der Waals surface area contributed by atoms with Crippen LogP contribution in [0.4, 0.5) is 0 Å². The summed E-state index contributed by atoms with van der Waals surface area (Å²) in [4.78, 5) is 33.0. The van der Waals surface area contributed by atoms with Crippen molar-refractivity contribution in [1.82, 2.24) is 0 Å². The summed E-state index contributed by atoms with van der Waals surface area (Å²) in [6.07, 6.45) is 4.40. The van der Waals surface area contributed by atoms with Crippen LogP contribution in [0.25, 0.3) is 0 Å². The van der Waals surface area contributed by atoms with Gasteiger partial charge in [0, 0.05) is 24.4 Å². The number of allylic oxidation sites excluding steroid dienone is 3. The predicted molar refractivity (Wildman–Crippen MR) is 120 cm³/mol. The van der Waals surface area contributed by atoms with Crippen LogP contribution < -0.4 is 4.74 Å². The Bertz CT molecular complexity index is 896. The molecule has 2 atom stereocenters. The monoisotopic (exact) mass is 470 g/mol. The van der Waals surface area contributed by atoms with Crippen LogP contribution in [-0.4, -0.2) is 52.7 Å². The summed E-state index contributed by atoms with van der Waals surface area (Å²) in [7, 11) is 1.40. The van der Waals surface area contributed by atoms with E-state index >= 15 is 0 Å². The first-order chi connectivity index (χ1) is 14.7. The Hall–Kier alpha value is -2.06. The largest absolute Gasteiger partial charge is 0.507 e. The molecule has 0 aromatic heterocycles. The SMILES string of the molecule is COc1c(C)c2c(c(O)c1C/C=C(\C)CC(S/C=C/CP(O)OC)C(=O)O)C(=O)OC2. The molecular formula is C21H27O8PS. The van der Waals surface area contributed by atoms with Crippen LogP contribution >= 0.6 is 20.1 Å². The Morgan fingerprint density at radius 3 is 2.71 bits per heavy atom. The summed E-state index contributed by atoms with van der Waals surface area (Å²) >= 11 is 1.15. The van der Waals surface area contributed by atoms with E-state index < -0.39 is 25.6 Å². The van der Waals surface area contributed by atoms with Crippen molar-refractivity contribution in [3.8, 4) is 11.5 Å². The van der Waals surface area contributed by atoms with Gasteiger partial charge in [-0.3, -0.25) is 4.79 Å². The van der Waals surface area contributed by atoms with Gasteiger partial charge in [0.25, 0.3) is 0 Å². The van der Waals surface area contributed by atoms with Gasteiger partial charge < -0.3 is 29.1 Å². The minimum absolute atomic E-state index is 0.104. The molecule has 10 heteroatoms. The molecule has 31 heavy (non-hydrogen) atoms. The molecule has 0 bridgehead atoms. The molecule has 3 N–H and O–H groups in total. The third kappa shape index (κ3) is 6.23. The van der Waals surface area contributed by atoms with Crippen LogP contribution in [0.1, 0.15) is 40.4 Å². The van der Waals surface area contributed by atoms with Gasteiger partial charge in [0.15, 0.2) is 8.38 Å². The molecule has 1 heterocycles. The standard InChI is InChI=1S/C21H27O8PS/c1-12(10-16(20(23)24)31-9-5-8-30(26)28-4)6-7-14-18(22)17-15(11-29-21(17)25)13(2)19(14)27-3/h5-6,9,16,22,26H,7-8,10-11H2,1-4H3,(H,23,24)/b9-5+,12-6+. The van der Waals surface area contributed by atoms with Gasteiger partial charge in [0.2, 0.25) is 0 Å². The lowest BCUT2D eigenvalue weighted by atomic mass is 9.94. The number of cyclic esters (lactones) is 1. The fraction of sp³-hybridized carbons (Fsp3) is 0.429.